The number of ether oxygens (including phenoxy) is 1. The highest BCUT2D eigenvalue weighted by atomic mass is 16.5. The number of aromatic nitrogens is 4. The maximum absolute atomic E-state index is 5.19. The minimum absolute atomic E-state index is 0.532. The lowest BCUT2D eigenvalue weighted by Crippen LogP contribution is -2.25. The van der Waals surface area contributed by atoms with E-state index in [1.165, 1.54) is 0 Å². The number of methoxy groups -OCH3 is 1. The number of hydrogen-bond donors (Lipinski definition) is 1. The third kappa shape index (κ3) is 3.36. The third-order valence-electron chi connectivity index (χ3n) is 3.10. The smallest absolute Gasteiger partial charge is 0.230 e. The van der Waals surface area contributed by atoms with E-state index in [1.807, 2.05) is 6.07 Å². The van der Waals surface area contributed by atoms with Crippen LogP contribution in [0.1, 0.15) is 13.8 Å². The zero-order chi connectivity index (χ0) is 15.2. The van der Waals surface area contributed by atoms with Crippen LogP contribution < -0.4 is 15.0 Å². The summed E-state index contributed by atoms with van der Waals surface area (Å²) < 4.78 is 5.19. The molecule has 7 heteroatoms. The molecule has 0 saturated carbocycles. The van der Waals surface area contributed by atoms with Gasteiger partial charge in [-0.2, -0.15) is 15.0 Å². The monoisotopic (exact) mass is 288 g/mol. The Bertz CT molecular complexity index is 600. The molecule has 0 aliphatic heterocycles. The van der Waals surface area contributed by atoms with Crippen molar-refractivity contribution >= 4 is 11.9 Å². The summed E-state index contributed by atoms with van der Waals surface area (Å²) in [4.78, 5) is 19.5. The van der Waals surface area contributed by atoms with Crippen molar-refractivity contribution in [2.45, 2.75) is 13.8 Å². The Balaban J connectivity index is 2.49. The normalized spacial score (nSPS) is 10.3. The van der Waals surface area contributed by atoms with Crippen molar-refractivity contribution in [2.75, 3.05) is 37.5 Å². The van der Waals surface area contributed by atoms with Crippen LogP contribution in [0.15, 0.2) is 18.5 Å². The van der Waals surface area contributed by atoms with Crippen LogP contribution in [0.2, 0.25) is 0 Å². The van der Waals surface area contributed by atoms with Gasteiger partial charge in [-0.3, -0.25) is 4.98 Å². The largest absolute Gasteiger partial charge is 0.495 e. The summed E-state index contributed by atoms with van der Waals surface area (Å²) in [6.45, 7) is 5.80. The molecule has 0 spiro atoms. The Labute approximate surface area is 124 Å². The predicted octanol–water partition coefficient (Wildman–Crippen LogP) is 1.83. The molecule has 0 bridgehead atoms. The number of rotatable bonds is 6. The van der Waals surface area contributed by atoms with Crippen molar-refractivity contribution in [2.24, 2.45) is 0 Å². The van der Waals surface area contributed by atoms with Crippen molar-refractivity contribution < 1.29 is 4.74 Å². The molecule has 0 radical (unpaired) electrons. The quantitative estimate of drug-likeness (QED) is 0.869. The zero-order valence-corrected chi connectivity index (χ0v) is 12.8. The fourth-order valence-corrected chi connectivity index (χ4v) is 1.91. The molecule has 112 valence electrons. The molecule has 2 aromatic heterocycles. The van der Waals surface area contributed by atoms with Gasteiger partial charge < -0.3 is 15.0 Å². The second kappa shape index (κ2) is 6.83. The van der Waals surface area contributed by atoms with E-state index in [-0.39, 0.29) is 0 Å². The first-order chi connectivity index (χ1) is 10.2. The maximum Gasteiger partial charge on any atom is 0.230 e. The van der Waals surface area contributed by atoms with E-state index < -0.39 is 0 Å². The zero-order valence-electron chi connectivity index (χ0n) is 12.8. The van der Waals surface area contributed by atoms with Crippen LogP contribution in [0.3, 0.4) is 0 Å². The van der Waals surface area contributed by atoms with E-state index in [1.54, 1.807) is 26.6 Å². The van der Waals surface area contributed by atoms with Crippen LogP contribution in [0.25, 0.3) is 11.4 Å². The number of hydrogen-bond acceptors (Lipinski definition) is 7. The molecule has 2 aromatic rings. The first-order valence-corrected chi connectivity index (χ1v) is 6.90. The molecule has 0 aliphatic rings. The van der Waals surface area contributed by atoms with Gasteiger partial charge in [-0.1, -0.05) is 0 Å². The molecule has 0 aliphatic carbocycles. The van der Waals surface area contributed by atoms with Gasteiger partial charge >= 0.3 is 0 Å². The highest BCUT2D eigenvalue weighted by Crippen LogP contribution is 2.22. The standard InChI is InChI=1S/C14H20N6O/c1-5-20(6-2)14-18-12(17-13(15-3)19-14)10-7-11(21-4)9-16-8-10/h7-9H,5-6H2,1-4H3,(H,15,17,18,19). The first kappa shape index (κ1) is 15.0. The van der Waals surface area contributed by atoms with Crippen molar-refractivity contribution in [3.05, 3.63) is 18.5 Å². The fourth-order valence-electron chi connectivity index (χ4n) is 1.91. The van der Waals surface area contributed by atoms with Gasteiger partial charge in [0.2, 0.25) is 11.9 Å². The highest BCUT2D eigenvalue weighted by Gasteiger charge is 2.12. The molecule has 0 atom stereocenters. The van der Waals surface area contributed by atoms with Crippen LogP contribution in [0.4, 0.5) is 11.9 Å². The number of pyridine rings is 1. The topological polar surface area (TPSA) is 76.1 Å². The molecular weight excluding hydrogens is 268 g/mol. The van der Waals surface area contributed by atoms with Gasteiger partial charge in [0.05, 0.1) is 13.3 Å². The average molecular weight is 288 g/mol. The number of nitrogens with one attached hydrogen (secondary N) is 1. The van der Waals surface area contributed by atoms with Gasteiger partial charge in [0.15, 0.2) is 5.82 Å². The third-order valence-corrected chi connectivity index (χ3v) is 3.10. The van der Waals surface area contributed by atoms with Gasteiger partial charge in [0.1, 0.15) is 5.75 Å². The van der Waals surface area contributed by atoms with E-state index in [0.29, 0.717) is 23.5 Å². The fraction of sp³-hybridized carbons (Fsp3) is 0.429. The minimum atomic E-state index is 0.532. The molecule has 0 amide bonds. The van der Waals surface area contributed by atoms with Gasteiger partial charge in [-0.25, -0.2) is 0 Å². The second-order valence-corrected chi connectivity index (χ2v) is 4.32. The number of anilines is 2. The lowest BCUT2D eigenvalue weighted by molar-refractivity contribution is 0.413. The minimum Gasteiger partial charge on any atom is -0.495 e. The second-order valence-electron chi connectivity index (χ2n) is 4.32. The number of nitrogens with zero attached hydrogens (tertiary/aromatic N) is 5. The summed E-state index contributed by atoms with van der Waals surface area (Å²) in [6.07, 6.45) is 3.36. The van der Waals surface area contributed by atoms with Crippen LogP contribution in [0, 0.1) is 0 Å². The van der Waals surface area contributed by atoms with Crippen LogP contribution in [-0.2, 0) is 0 Å². The predicted molar refractivity (Wildman–Crippen MR) is 82.7 cm³/mol. The summed E-state index contributed by atoms with van der Waals surface area (Å²) in [5.74, 6) is 2.42. The molecule has 7 nitrogen and oxygen atoms in total. The Morgan fingerprint density at radius 1 is 1.14 bits per heavy atom. The molecular formula is C14H20N6O. The summed E-state index contributed by atoms with van der Waals surface area (Å²) in [5, 5.41) is 2.97. The van der Waals surface area contributed by atoms with Crippen molar-refractivity contribution in [3.8, 4) is 17.1 Å². The molecule has 0 fully saturated rings. The van der Waals surface area contributed by atoms with Gasteiger partial charge in [-0.15, -0.1) is 0 Å². The SMILES string of the molecule is CCN(CC)c1nc(NC)nc(-c2cncc(OC)c2)n1. The van der Waals surface area contributed by atoms with Crippen molar-refractivity contribution in [1.29, 1.82) is 0 Å². The molecule has 2 rings (SSSR count). The molecule has 2 heterocycles. The Morgan fingerprint density at radius 3 is 2.52 bits per heavy atom. The van der Waals surface area contributed by atoms with Gasteiger partial charge in [-0.05, 0) is 19.9 Å². The summed E-state index contributed by atoms with van der Waals surface area (Å²) >= 11 is 0. The van der Waals surface area contributed by atoms with Gasteiger partial charge in [0, 0.05) is 31.9 Å². The highest BCUT2D eigenvalue weighted by molar-refractivity contribution is 5.58. The van der Waals surface area contributed by atoms with E-state index in [2.05, 4.69) is 44.0 Å². The summed E-state index contributed by atoms with van der Waals surface area (Å²) in [5.41, 5.74) is 0.793. The average Bonchev–Trinajstić information content (AvgIpc) is 2.55. The molecule has 0 unspecified atom stereocenters. The molecule has 0 saturated heterocycles. The molecule has 0 aromatic carbocycles. The Kier molecular flexibility index (Phi) is 4.86. The van der Waals surface area contributed by atoms with E-state index in [4.69, 9.17) is 4.74 Å². The lowest BCUT2D eigenvalue weighted by Gasteiger charge is -2.19. The Morgan fingerprint density at radius 2 is 1.90 bits per heavy atom. The lowest BCUT2D eigenvalue weighted by atomic mass is 10.2. The van der Waals surface area contributed by atoms with Gasteiger partial charge in [0.25, 0.3) is 0 Å². The first-order valence-electron chi connectivity index (χ1n) is 6.90. The van der Waals surface area contributed by atoms with Crippen molar-refractivity contribution in [3.63, 3.8) is 0 Å². The Hall–Kier alpha value is -2.44. The van der Waals surface area contributed by atoms with Crippen LogP contribution in [0.5, 0.6) is 5.75 Å². The molecule has 21 heavy (non-hydrogen) atoms. The summed E-state index contributed by atoms with van der Waals surface area (Å²) in [6, 6.07) is 1.85. The van der Waals surface area contributed by atoms with Crippen LogP contribution in [-0.4, -0.2) is 47.2 Å². The van der Waals surface area contributed by atoms with Crippen LogP contribution >= 0.6 is 0 Å². The van der Waals surface area contributed by atoms with E-state index in [0.717, 1.165) is 18.7 Å². The maximum atomic E-state index is 5.19. The summed E-state index contributed by atoms with van der Waals surface area (Å²) in [7, 11) is 3.39. The van der Waals surface area contributed by atoms with Crippen molar-refractivity contribution in [1.82, 2.24) is 19.9 Å². The molecule has 1 N–H and O–H groups in total. The van der Waals surface area contributed by atoms with E-state index >= 15 is 0 Å². The van der Waals surface area contributed by atoms with E-state index in [9.17, 15) is 0 Å².